The van der Waals surface area contributed by atoms with Crippen LogP contribution in [0.4, 0.5) is 0 Å². The number of thiocarbonyl (C=S) groups is 1. The molecule has 0 unspecified atom stereocenters. The van der Waals surface area contributed by atoms with E-state index >= 15 is 0 Å². The number of carbonyl (C=O) groups excluding carboxylic acids is 1. The number of aromatic hydroxyl groups is 1. The molecule has 3 aromatic carbocycles. The molecular formula is C30H25N3O6S2. The highest BCUT2D eigenvalue weighted by Gasteiger charge is 2.41. The van der Waals surface area contributed by atoms with Crippen LogP contribution in [0.15, 0.2) is 83.8 Å². The van der Waals surface area contributed by atoms with Gasteiger partial charge >= 0.3 is 5.97 Å². The Kier molecular flexibility index (Phi) is 8.09. The molecule has 1 atom stereocenters. The fourth-order valence-corrected chi connectivity index (χ4v) is 5.70. The van der Waals surface area contributed by atoms with Crippen LogP contribution in [-0.2, 0) is 16.0 Å². The van der Waals surface area contributed by atoms with Gasteiger partial charge in [0.15, 0.2) is 11.5 Å². The number of para-hydroxylation sites is 3. The molecular weight excluding hydrogens is 562 g/mol. The van der Waals surface area contributed by atoms with Crippen molar-refractivity contribution in [1.29, 1.82) is 0 Å². The minimum Gasteiger partial charge on any atom is -0.508 e. The quantitative estimate of drug-likeness (QED) is 0.191. The molecule has 1 amide bonds. The summed E-state index contributed by atoms with van der Waals surface area (Å²) >= 11 is 6.50. The number of methoxy groups -OCH3 is 1. The maximum atomic E-state index is 13.6. The first-order valence-corrected chi connectivity index (χ1v) is 13.7. The van der Waals surface area contributed by atoms with Gasteiger partial charge in [0.25, 0.3) is 5.91 Å². The van der Waals surface area contributed by atoms with E-state index in [9.17, 15) is 19.8 Å². The predicted octanol–water partition coefficient (Wildman–Crippen LogP) is 5.58. The Morgan fingerprint density at radius 3 is 2.37 bits per heavy atom. The number of nitrogens with zero attached hydrogens (tertiary/aromatic N) is 3. The minimum atomic E-state index is -1.23. The lowest BCUT2D eigenvalue weighted by Gasteiger charge is -2.23. The summed E-state index contributed by atoms with van der Waals surface area (Å²) in [5.41, 5.74) is 2.50. The number of amides is 1. The molecule has 4 aromatic rings. The Morgan fingerprint density at radius 2 is 1.71 bits per heavy atom. The van der Waals surface area contributed by atoms with E-state index in [0.29, 0.717) is 34.2 Å². The number of hydrogen-bond donors (Lipinski definition) is 2. The second-order valence-corrected chi connectivity index (χ2v) is 10.8. The first kappa shape index (κ1) is 27.9. The van der Waals surface area contributed by atoms with Crippen molar-refractivity contribution in [3.8, 4) is 28.8 Å². The fraction of sp³-hybridized carbons (Fsp3) is 0.133. The second-order valence-electron chi connectivity index (χ2n) is 9.08. The molecule has 0 radical (unpaired) electrons. The molecule has 208 valence electrons. The zero-order valence-corrected chi connectivity index (χ0v) is 23.7. The van der Waals surface area contributed by atoms with Gasteiger partial charge in [-0.15, -0.1) is 0 Å². The van der Waals surface area contributed by atoms with Crippen LogP contribution in [0.5, 0.6) is 23.1 Å². The number of benzene rings is 3. The SMILES string of the molecule is COc1ccccc1Oc1c(/C=C2\SC(=S)N([C@@H](Cc3ccc(O)cc3)C(=O)O)C2=O)c(C)nn1-c1ccccc1. The second kappa shape index (κ2) is 11.9. The van der Waals surface area contributed by atoms with Gasteiger partial charge in [-0.3, -0.25) is 9.69 Å². The van der Waals surface area contributed by atoms with E-state index in [0.717, 1.165) is 22.3 Å². The monoisotopic (exact) mass is 587 g/mol. The number of aryl methyl sites for hydroxylation is 1. The summed E-state index contributed by atoms with van der Waals surface area (Å²) in [6, 6.07) is 21.5. The number of carboxylic acids is 1. The number of hydrogen-bond acceptors (Lipinski definition) is 8. The van der Waals surface area contributed by atoms with Crippen molar-refractivity contribution in [2.45, 2.75) is 19.4 Å². The zero-order valence-electron chi connectivity index (χ0n) is 22.1. The van der Waals surface area contributed by atoms with Gasteiger partial charge in [-0.05, 0) is 55.0 Å². The molecule has 0 saturated carbocycles. The number of phenolic OH excluding ortho intramolecular Hbond substituents is 1. The molecule has 0 spiro atoms. The number of carbonyl (C=O) groups is 2. The van der Waals surface area contributed by atoms with Gasteiger partial charge in [-0.25, -0.2) is 4.79 Å². The van der Waals surface area contributed by atoms with Crippen LogP contribution in [0.2, 0.25) is 0 Å². The third kappa shape index (κ3) is 5.81. The van der Waals surface area contributed by atoms with E-state index < -0.39 is 17.9 Å². The van der Waals surface area contributed by atoms with E-state index in [1.807, 2.05) is 42.5 Å². The van der Waals surface area contributed by atoms with Crippen LogP contribution in [0.1, 0.15) is 16.8 Å². The molecule has 1 fully saturated rings. The van der Waals surface area contributed by atoms with E-state index in [-0.39, 0.29) is 21.4 Å². The highest BCUT2D eigenvalue weighted by Crippen LogP contribution is 2.40. The Bertz CT molecular complexity index is 1650. The van der Waals surface area contributed by atoms with Crippen LogP contribution in [0, 0.1) is 6.92 Å². The summed E-state index contributed by atoms with van der Waals surface area (Å²) in [6.45, 7) is 1.80. The highest BCUT2D eigenvalue weighted by molar-refractivity contribution is 8.26. The maximum absolute atomic E-state index is 13.6. The standard InChI is InChI=1S/C30H25N3O6S2/c1-18-22(28(33(31-18)20-8-4-3-5-9-20)39-25-11-7-6-10-24(25)38-2)17-26-27(35)32(30(40)41-26)23(29(36)37)16-19-12-14-21(34)15-13-19/h3-15,17,23,34H,16H2,1-2H3,(H,36,37)/b26-17-/t23-/m0/s1. The maximum Gasteiger partial charge on any atom is 0.327 e. The van der Waals surface area contributed by atoms with Crippen LogP contribution in [-0.4, -0.2) is 54.2 Å². The number of ether oxygens (including phenoxy) is 2. The van der Waals surface area contributed by atoms with Crippen LogP contribution >= 0.6 is 24.0 Å². The fourth-order valence-electron chi connectivity index (χ4n) is 4.36. The van der Waals surface area contributed by atoms with Crippen molar-refractivity contribution < 1.29 is 29.3 Å². The van der Waals surface area contributed by atoms with Gasteiger partial charge in [-0.2, -0.15) is 9.78 Å². The number of carboxylic acid groups (broad SMARTS) is 1. The molecule has 11 heteroatoms. The van der Waals surface area contributed by atoms with Crippen molar-refractivity contribution in [3.63, 3.8) is 0 Å². The Hall–Kier alpha value is -4.61. The normalized spacial score (nSPS) is 14.9. The molecule has 2 heterocycles. The predicted molar refractivity (Wildman–Crippen MR) is 160 cm³/mol. The average Bonchev–Trinajstić information content (AvgIpc) is 3.43. The summed E-state index contributed by atoms with van der Waals surface area (Å²) < 4.78 is 13.6. The number of phenols is 1. The first-order chi connectivity index (χ1) is 19.8. The molecule has 1 saturated heterocycles. The van der Waals surface area contributed by atoms with Crippen LogP contribution < -0.4 is 9.47 Å². The number of aromatic nitrogens is 2. The summed E-state index contributed by atoms with van der Waals surface area (Å²) in [4.78, 5) is 27.3. The van der Waals surface area contributed by atoms with Gasteiger partial charge in [0, 0.05) is 6.42 Å². The van der Waals surface area contributed by atoms with Crippen molar-refractivity contribution in [2.24, 2.45) is 0 Å². The van der Waals surface area contributed by atoms with E-state index in [1.54, 1.807) is 49.1 Å². The average molecular weight is 588 g/mol. The molecule has 0 bridgehead atoms. The van der Waals surface area contributed by atoms with Crippen molar-refractivity contribution in [2.75, 3.05) is 7.11 Å². The molecule has 1 aliphatic heterocycles. The number of thioether (sulfide) groups is 1. The van der Waals surface area contributed by atoms with Crippen molar-refractivity contribution in [3.05, 3.63) is 101 Å². The Labute approximate surface area is 245 Å². The summed E-state index contributed by atoms with van der Waals surface area (Å²) in [5, 5.41) is 24.3. The van der Waals surface area contributed by atoms with E-state index in [2.05, 4.69) is 5.10 Å². The van der Waals surface area contributed by atoms with Gasteiger partial charge in [-0.1, -0.05) is 66.4 Å². The lowest BCUT2D eigenvalue weighted by molar-refractivity contribution is -0.145. The first-order valence-electron chi connectivity index (χ1n) is 12.5. The molecule has 41 heavy (non-hydrogen) atoms. The molecule has 9 nitrogen and oxygen atoms in total. The van der Waals surface area contributed by atoms with Gasteiger partial charge in [0.2, 0.25) is 5.88 Å². The van der Waals surface area contributed by atoms with Crippen LogP contribution in [0.25, 0.3) is 11.8 Å². The largest absolute Gasteiger partial charge is 0.508 e. The molecule has 0 aliphatic carbocycles. The molecule has 1 aliphatic rings. The van der Waals surface area contributed by atoms with Crippen molar-refractivity contribution in [1.82, 2.24) is 14.7 Å². The molecule has 1 aromatic heterocycles. The summed E-state index contributed by atoms with van der Waals surface area (Å²) in [5.74, 6) is -0.338. The van der Waals surface area contributed by atoms with Gasteiger partial charge < -0.3 is 19.7 Å². The van der Waals surface area contributed by atoms with Gasteiger partial charge in [0.05, 0.1) is 29.0 Å². The minimum absolute atomic E-state index is 0.0163. The number of aliphatic carboxylic acids is 1. The van der Waals surface area contributed by atoms with E-state index in [1.165, 1.54) is 12.1 Å². The highest BCUT2D eigenvalue weighted by atomic mass is 32.2. The lowest BCUT2D eigenvalue weighted by atomic mass is 10.0. The Balaban J connectivity index is 1.54. The smallest absolute Gasteiger partial charge is 0.327 e. The van der Waals surface area contributed by atoms with Crippen molar-refractivity contribution >= 4 is 46.3 Å². The van der Waals surface area contributed by atoms with Crippen LogP contribution in [0.3, 0.4) is 0 Å². The summed E-state index contributed by atoms with van der Waals surface area (Å²) in [6.07, 6.45) is 1.65. The van der Waals surface area contributed by atoms with E-state index in [4.69, 9.17) is 21.7 Å². The lowest BCUT2D eigenvalue weighted by Crippen LogP contribution is -2.45. The third-order valence-corrected chi connectivity index (χ3v) is 7.73. The zero-order chi connectivity index (χ0) is 29.1. The topological polar surface area (TPSA) is 114 Å². The number of rotatable bonds is 9. The molecule has 5 rings (SSSR count). The van der Waals surface area contributed by atoms with Gasteiger partial charge in [0.1, 0.15) is 16.1 Å². The third-order valence-electron chi connectivity index (χ3n) is 6.40. The summed E-state index contributed by atoms with van der Waals surface area (Å²) in [7, 11) is 1.55. The molecule has 2 N–H and O–H groups in total. The Morgan fingerprint density at radius 1 is 1.05 bits per heavy atom.